The lowest BCUT2D eigenvalue weighted by atomic mass is 10.0. The quantitative estimate of drug-likeness (QED) is 0.749. The van der Waals surface area contributed by atoms with Gasteiger partial charge in [0.1, 0.15) is 0 Å². The molecule has 1 aliphatic heterocycles. The molecule has 0 N–H and O–H groups in total. The Kier molecular flexibility index (Phi) is 4.76. The molecule has 4 nitrogen and oxygen atoms in total. The summed E-state index contributed by atoms with van der Waals surface area (Å²) in [4.78, 5) is 2.41. The first-order valence-electron chi connectivity index (χ1n) is 6.07. The normalized spacial score (nSPS) is 20.9. The second-order valence-corrected chi connectivity index (χ2v) is 6.76. The summed E-state index contributed by atoms with van der Waals surface area (Å²) in [6.45, 7) is 8.90. The summed E-state index contributed by atoms with van der Waals surface area (Å²) in [5.74, 6) is 0. The van der Waals surface area contributed by atoms with Crippen LogP contribution in [0, 0.1) is 0 Å². The van der Waals surface area contributed by atoms with Gasteiger partial charge in [-0.25, -0.2) is 8.42 Å². The monoisotopic (exact) mass is 248 g/mol. The predicted octanol–water partition coefficient (Wildman–Crippen LogP) is 1.14. The van der Waals surface area contributed by atoms with E-state index in [4.69, 9.17) is 0 Å². The molecule has 0 spiro atoms. The van der Waals surface area contributed by atoms with Gasteiger partial charge in [0.15, 0.2) is 0 Å². The van der Waals surface area contributed by atoms with Crippen molar-refractivity contribution in [2.75, 3.05) is 25.9 Å². The SMILES string of the molecule is CCN(C1CCN(C(C)C)CC1)S(C)(=O)=O. The second-order valence-electron chi connectivity index (χ2n) is 4.83. The predicted molar refractivity (Wildman–Crippen MR) is 67.0 cm³/mol. The van der Waals surface area contributed by atoms with E-state index >= 15 is 0 Å². The van der Waals surface area contributed by atoms with Crippen molar-refractivity contribution in [1.29, 1.82) is 0 Å². The highest BCUT2D eigenvalue weighted by atomic mass is 32.2. The molecule has 5 heteroatoms. The van der Waals surface area contributed by atoms with Crippen LogP contribution in [0.4, 0.5) is 0 Å². The van der Waals surface area contributed by atoms with Gasteiger partial charge in [-0.2, -0.15) is 4.31 Å². The van der Waals surface area contributed by atoms with Gasteiger partial charge in [-0.15, -0.1) is 0 Å². The van der Waals surface area contributed by atoms with Crippen LogP contribution in [-0.2, 0) is 10.0 Å². The number of hydrogen-bond donors (Lipinski definition) is 0. The summed E-state index contributed by atoms with van der Waals surface area (Å²) in [5, 5.41) is 0. The van der Waals surface area contributed by atoms with E-state index in [0.29, 0.717) is 12.6 Å². The van der Waals surface area contributed by atoms with Gasteiger partial charge in [-0.1, -0.05) is 6.92 Å². The molecule has 0 amide bonds. The largest absolute Gasteiger partial charge is 0.301 e. The summed E-state index contributed by atoms with van der Waals surface area (Å²) in [5.41, 5.74) is 0. The summed E-state index contributed by atoms with van der Waals surface area (Å²) in [6.07, 6.45) is 3.23. The van der Waals surface area contributed by atoms with Gasteiger partial charge in [-0.05, 0) is 39.8 Å². The maximum absolute atomic E-state index is 11.6. The summed E-state index contributed by atoms with van der Waals surface area (Å²) >= 11 is 0. The van der Waals surface area contributed by atoms with Crippen LogP contribution in [0.2, 0.25) is 0 Å². The van der Waals surface area contributed by atoms with Crippen LogP contribution in [0.5, 0.6) is 0 Å². The first-order chi connectivity index (χ1) is 7.36. The Balaban J connectivity index is 2.59. The fourth-order valence-electron chi connectivity index (χ4n) is 2.45. The topological polar surface area (TPSA) is 40.6 Å². The molecular formula is C11H24N2O2S. The lowest BCUT2D eigenvalue weighted by Crippen LogP contribution is -2.48. The first kappa shape index (κ1) is 13.9. The molecular weight excluding hydrogens is 224 g/mol. The zero-order valence-electron chi connectivity index (χ0n) is 10.8. The zero-order chi connectivity index (χ0) is 12.3. The van der Waals surface area contributed by atoms with Gasteiger partial charge in [0.2, 0.25) is 10.0 Å². The number of hydrogen-bond acceptors (Lipinski definition) is 3. The minimum Gasteiger partial charge on any atom is -0.301 e. The average molecular weight is 248 g/mol. The number of sulfonamides is 1. The Morgan fingerprint density at radius 1 is 1.31 bits per heavy atom. The number of likely N-dealkylation sites (tertiary alicyclic amines) is 1. The molecule has 1 heterocycles. The molecule has 0 aromatic heterocycles. The van der Waals surface area contributed by atoms with Crippen molar-refractivity contribution in [3.8, 4) is 0 Å². The number of rotatable bonds is 4. The van der Waals surface area contributed by atoms with Crippen molar-refractivity contribution < 1.29 is 8.42 Å². The van der Waals surface area contributed by atoms with Gasteiger partial charge in [0.05, 0.1) is 6.26 Å². The van der Waals surface area contributed by atoms with Crippen LogP contribution in [0.15, 0.2) is 0 Å². The third kappa shape index (κ3) is 3.43. The molecule has 0 aliphatic carbocycles. The lowest BCUT2D eigenvalue weighted by Gasteiger charge is -2.38. The molecule has 0 unspecified atom stereocenters. The minimum absolute atomic E-state index is 0.204. The van der Waals surface area contributed by atoms with Crippen LogP contribution in [-0.4, -0.2) is 55.6 Å². The van der Waals surface area contributed by atoms with Crippen molar-refractivity contribution in [3.05, 3.63) is 0 Å². The summed E-state index contributed by atoms with van der Waals surface area (Å²) in [6, 6.07) is 0.768. The van der Waals surface area contributed by atoms with Crippen LogP contribution in [0.25, 0.3) is 0 Å². The summed E-state index contributed by atoms with van der Waals surface area (Å²) < 4.78 is 24.8. The second kappa shape index (κ2) is 5.47. The van der Waals surface area contributed by atoms with Crippen molar-refractivity contribution in [1.82, 2.24) is 9.21 Å². The van der Waals surface area contributed by atoms with E-state index in [2.05, 4.69) is 18.7 Å². The van der Waals surface area contributed by atoms with E-state index in [9.17, 15) is 8.42 Å². The van der Waals surface area contributed by atoms with Gasteiger partial charge < -0.3 is 4.90 Å². The standard InChI is InChI=1S/C11H24N2O2S/c1-5-13(16(4,14)15)11-6-8-12(9-7-11)10(2)3/h10-11H,5-9H2,1-4H3. The molecule has 0 saturated carbocycles. The van der Waals surface area contributed by atoms with E-state index in [1.807, 2.05) is 6.92 Å². The molecule has 0 atom stereocenters. The van der Waals surface area contributed by atoms with Crippen LogP contribution in [0.1, 0.15) is 33.6 Å². The maximum Gasteiger partial charge on any atom is 0.211 e. The highest BCUT2D eigenvalue weighted by Gasteiger charge is 2.29. The fraction of sp³-hybridized carbons (Fsp3) is 1.00. The average Bonchev–Trinajstić information content (AvgIpc) is 2.17. The molecule has 16 heavy (non-hydrogen) atoms. The molecule has 1 fully saturated rings. The van der Waals surface area contributed by atoms with Crippen molar-refractivity contribution in [2.45, 2.75) is 45.7 Å². The van der Waals surface area contributed by atoms with Crippen LogP contribution < -0.4 is 0 Å². The van der Waals surface area contributed by atoms with E-state index in [0.717, 1.165) is 25.9 Å². The van der Waals surface area contributed by atoms with E-state index < -0.39 is 10.0 Å². The van der Waals surface area contributed by atoms with Gasteiger partial charge in [0, 0.05) is 18.6 Å². The van der Waals surface area contributed by atoms with Crippen LogP contribution >= 0.6 is 0 Å². The highest BCUT2D eigenvalue weighted by Crippen LogP contribution is 2.19. The molecule has 96 valence electrons. The maximum atomic E-state index is 11.6. The molecule has 0 radical (unpaired) electrons. The fourth-order valence-corrected chi connectivity index (χ4v) is 3.68. The zero-order valence-corrected chi connectivity index (χ0v) is 11.6. The third-order valence-corrected chi connectivity index (χ3v) is 4.78. The van der Waals surface area contributed by atoms with Gasteiger partial charge in [-0.3, -0.25) is 0 Å². The Hall–Kier alpha value is -0.130. The molecule has 1 saturated heterocycles. The van der Waals surface area contributed by atoms with E-state index in [1.54, 1.807) is 4.31 Å². The van der Waals surface area contributed by atoms with Crippen LogP contribution in [0.3, 0.4) is 0 Å². The molecule has 0 aromatic carbocycles. The number of piperidine rings is 1. The Bertz CT molecular complexity index is 306. The Morgan fingerprint density at radius 3 is 2.12 bits per heavy atom. The minimum atomic E-state index is -3.04. The Morgan fingerprint density at radius 2 is 1.81 bits per heavy atom. The van der Waals surface area contributed by atoms with E-state index in [-0.39, 0.29) is 6.04 Å². The van der Waals surface area contributed by atoms with Crippen molar-refractivity contribution in [2.24, 2.45) is 0 Å². The number of nitrogens with zero attached hydrogens (tertiary/aromatic N) is 2. The van der Waals surface area contributed by atoms with Crippen molar-refractivity contribution in [3.63, 3.8) is 0 Å². The molecule has 0 aromatic rings. The lowest BCUT2D eigenvalue weighted by molar-refractivity contribution is 0.134. The first-order valence-corrected chi connectivity index (χ1v) is 7.92. The molecule has 1 aliphatic rings. The van der Waals surface area contributed by atoms with E-state index in [1.165, 1.54) is 6.26 Å². The third-order valence-electron chi connectivity index (χ3n) is 3.37. The molecule has 1 rings (SSSR count). The smallest absolute Gasteiger partial charge is 0.211 e. The van der Waals surface area contributed by atoms with Crippen molar-refractivity contribution >= 4 is 10.0 Å². The Labute approximate surface area is 99.7 Å². The summed E-state index contributed by atoms with van der Waals surface area (Å²) in [7, 11) is -3.04. The highest BCUT2D eigenvalue weighted by molar-refractivity contribution is 7.88. The van der Waals surface area contributed by atoms with Gasteiger partial charge in [0.25, 0.3) is 0 Å². The molecule has 0 bridgehead atoms. The van der Waals surface area contributed by atoms with Gasteiger partial charge >= 0.3 is 0 Å².